The average molecular weight is 140 g/mol. The first-order valence-corrected chi connectivity index (χ1v) is 3.23. The number of hydrogen-bond acceptors (Lipinski definition) is 1. The second kappa shape index (κ2) is 6.24. The fraction of sp³-hybridized carbons (Fsp3) is 0.111. The molecule has 0 spiro atoms. The van der Waals surface area contributed by atoms with Crippen molar-refractivity contribution >= 4 is 6.08 Å². The molecule has 0 atom stereocenters. The maximum Gasteiger partial charge on any atom is 1.00 e. The van der Waals surface area contributed by atoms with E-state index in [1.54, 1.807) is 6.08 Å². The van der Waals surface area contributed by atoms with E-state index in [1.807, 2.05) is 36.4 Å². The van der Waals surface area contributed by atoms with Gasteiger partial charge in [-0.1, -0.05) is 36.4 Å². The summed E-state index contributed by atoms with van der Waals surface area (Å²) in [5.74, 6) is 0. The third kappa shape index (κ3) is 4.05. The minimum atomic E-state index is -0.144. The summed E-state index contributed by atoms with van der Waals surface area (Å²) in [6, 6.07) is 9.78. The maximum absolute atomic E-state index is 10.0. The van der Waals surface area contributed by atoms with E-state index in [0.29, 0.717) is 0 Å². The fourth-order valence-electron chi connectivity index (χ4n) is 0.748. The van der Waals surface area contributed by atoms with E-state index in [9.17, 15) is 5.11 Å². The SMILES string of the molecule is [Li+].[O-]C/C=C/c1ccccc1. The van der Waals surface area contributed by atoms with E-state index in [4.69, 9.17) is 0 Å². The maximum atomic E-state index is 10.0. The van der Waals surface area contributed by atoms with Gasteiger partial charge in [0.05, 0.1) is 0 Å². The predicted molar refractivity (Wildman–Crippen MR) is 40.3 cm³/mol. The van der Waals surface area contributed by atoms with Crippen LogP contribution in [0.15, 0.2) is 36.4 Å². The largest absolute Gasteiger partial charge is 1.00 e. The van der Waals surface area contributed by atoms with Crippen molar-refractivity contribution in [3.8, 4) is 0 Å². The molecule has 0 aliphatic carbocycles. The van der Waals surface area contributed by atoms with Crippen molar-refractivity contribution in [2.45, 2.75) is 0 Å². The molecule has 0 aliphatic heterocycles. The Kier molecular flexibility index (Phi) is 5.97. The van der Waals surface area contributed by atoms with Gasteiger partial charge in [-0.15, -0.1) is 12.7 Å². The smallest absolute Gasteiger partial charge is 0.851 e. The van der Waals surface area contributed by atoms with E-state index in [2.05, 4.69) is 0 Å². The van der Waals surface area contributed by atoms with Gasteiger partial charge in [-0.25, -0.2) is 0 Å². The molecule has 0 aliphatic rings. The monoisotopic (exact) mass is 140 g/mol. The normalized spacial score (nSPS) is 9.55. The molecule has 0 fully saturated rings. The second-order valence-corrected chi connectivity index (χ2v) is 1.98. The van der Waals surface area contributed by atoms with E-state index < -0.39 is 0 Å². The third-order valence-corrected chi connectivity index (χ3v) is 1.21. The van der Waals surface area contributed by atoms with Crippen molar-refractivity contribution in [1.82, 2.24) is 0 Å². The third-order valence-electron chi connectivity index (χ3n) is 1.21. The molecule has 52 valence electrons. The van der Waals surface area contributed by atoms with E-state index in [0.717, 1.165) is 5.56 Å². The van der Waals surface area contributed by atoms with Gasteiger partial charge < -0.3 is 5.11 Å². The number of benzene rings is 1. The Labute approximate surface area is 78.9 Å². The number of hydrogen-bond donors (Lipinski definition) is 0. The molecule has 0 saturated carbocycles. The van der Waals surface area contributed by atoms with Gasteiger partial charge in [-0.3, -0.25) is 0 Å². The Bertz CT molecular complexity index is 206. The molecule has 0 aromatic heterocycles. The summed E-state index contributed by atoms with van der Waals surface area (Å²) in [6.07, 6.45) is 3.43. The topological polar surface area (TPSA) is 23.1 Å². The Morgan fingerprint density at radius 3 is 2.36 bits per heavy atom. The summed E-state index contributed by atoms with van der Waals surface area (Å²) in [5, 5.41) is 10.0. The molecule has 2 heteroatoms. The summed E-state index contributed by atoms with van der Waals surface area (Å²) in [4.78, 5) is 0. The quantitative estimate of drug-likeness (QED) is 0.438. The molecule has 11 heavy (non-hydrogen) atoms. The van der Waals surface area contributed by atoms with Gasteiger partial charge in [0, 0.05) is 0 Å². The van der Waals surface area contributed by atoms with Gasteiger partial charge in [-0.05, 0) is 5.56 Å². The van der Waals surface area contributed by atoms with Crippen LogP contribution in [0.4, 0.5) is 0 Å². The van der Waals surface area contributed by atoms with Crippen LogP contribution in [0.3, 0.4) is 0 Å². The molecular weight excluding hydrogens is 131 g/mol. The molecule has 0 heterocycles. The van der Waals surface area contributed by atoms with Crippen molar-refractivity contribution in [2.75, 3.05) is 6.61 Å². The first-order valence-electron chi connectivity index (χ1n) is 3.23. The molecule has 0 N–H and O–H groups in total. The Hall–Kier alpha value is -0.483. The van der Waals surface area contributed by atoms with Crippen molar-refractivity contribution < 1.29 is 24.0 Å². The first kappa shape index (κ1) is 10.5. The Morgan fingerprint density at radius 1 is 1.18 bits per heavy atom. The molecule has 0 saturated heterocycles. The average Bonchev–Trinajstić information content (AvgIpc) is 2.03. The molecule has 1 nitrogen and oxygen atoms in total. The van der Waals surface area contributed by atoms with Crippen LogP contribution in [-0.4, -0.2) is 6.61 Å². The van der Waals surface area contributed by atoms with Crippen LogP contribution >= 0.6 is 0 Å². The van der Waals surface area contributed by atoms with Gasteiger partial charge in [0.25, 0.3) is 0 Å². The van der Waals surface area contributed by atoms with E-state index >= 15 is 0 Å². The van der Waals surface area contributed by atoms with Crippen molar-refractivity contribution in [2.24, 2.45) is 0 Å². The second-order valence-electron chi connectivity index (χ2n) is 1.98. The standard InChI is InChI=1S/C9H9O.Li/c10-8-4-7-9-5-2-1-3-6-9;/h1-7H,8H2;/q-1;+1/b7-4+;. The van der Waals surface area contributed by atoms with Crippen LogP contribution in [-0.2, 0) is 0 Å². The summed E-state index contributed by atoms with van der Waals surface area (Å²) in [5.41, 5.74) is 1.08. The van der Waals surface area contributed by atoms with Gasteiger partial charge in [-0.2, -0.15) is 0 Å². The molecule has 1 rings (SSSR count). The zero-order chi connectivity index (χ0) is 7.23. The van der Waals surface area contributed by atoms with Gasteiger partial charge in [0.15, 0.2) is 0 Å². The molecule has 0 unspecified atom stereocenters. The number of rotatable bonds is 2. The van der Waals surface area contributed by atoms with Crippen LogP contribution in [0.1, 0.15) is 5.56 Å². The predicted octanol–water partition coefficient (Wildman–Crippen LogP) is -1.94. The molecule has 0 radical (unpaired) electrons. The summed E-state index contributed by atoms with van der Waals surface area (Å²) in [6.45, 7) is -0.144. The van der Waals surface area contributed by atoms with Crippen LogP contribution < -0.4 is 24.0 Å². The molecule has 0 amide bonds. The summed E-state index contributed by atoms with van der Waals surface area (Å²) >= 11 is 0. The molecule has 1 aromatic carbocycles. The zero-order valence-corrected chi connectivity index (χ0v) is 6.66. The zero-order valence-electron chi connectivity index (χ0n) is 6.66. The van der Waals surface area contributed by atoms with Crippen molar-refractivity contribution in [3.05, 3.63) is 42.0 Å². The van der Waals surface area contributed by atoms with Crippen LogP contribution in [0.5, 0.6) is 0 Å². The van der Waals surface area contributed by atoms with Gasteiger partial charge in [0.2, 0.25) is 0 Å². The molecule has 0 bridgehead atoms. The van der Waals surface area contributed by atoms with Crippen LogP contribution in [0.25, 0.3) is 6.08 Å². The first-order chi connectivity index (χ1) is 4.93. The molecular formula is C9H9LiO. The Balaban J connectivity index is 0.000001000. The van der Waals surface area contributed by atoms with Gasteiger partial charge >= 0.3 is 18.9 Å². The fourth-order valence-corrected chi connectivity index (χ4v) is 0.748. The van der Waals surface area contributed by atoms with E-state index in [1.165, 1.54) is 0 Å². The Morgan fingerprint density at radius 2 is 1.82 bits per heavy atom. The minimum absolute atomic E-state index is 0. The molecule has 1 aromatic rings. The van der Waals surface area contributed by atoms with Crippen molar-refractivity contribution in [1.29, 1.82) is 0 Å². The van der Waals surface area contributed by atoms with Crippen LogP contribution in [0, 0.1) is 0 Å². The van der Waals surface area contributed by atoms with E-state index in [-0.39, 0.29) is 25.5 Å². The van der Waals surface area contributed by atoms with Crippen molar-refractivity contribution in [3.63, 3.8) is 0 Å². The summed E-state index contributed by atoms with van der Waals surface area (Å²) in [7, 11) is 0. The van der Waals surface area contributed by atoms with Gasteiger partial charge in [0.1, 0.15) is 0 Å². The van der Waals surface area contributed by atoms with Crippen LogP contribution in [0.2, 0.25) is 0 Å². The summed E-state index contributed by atoms with van der Waals surface area (Å²) < 4.78 is 0. The minimum Gasteiger partial charge on any atom is -0.851 e.